The van der Waals surface area contributed by atoms with E-state index in [1.165, 1.54) is 4.31 Å². The molecule has 1 aromatic rings. The Balaban J connectivity index is 1.94. The smallest absolute Gasteiger partial charge is 0.214 e. The van der Waals surface area contributed by atoms with Gasteiger partial charge in [-0.05, 0) is 25.0 Å². The number of pyridine rings is 1. The minimum Gasteiger partial charge on any atom is -0.387 e. The van der Waals surface area contributed by atoms with Gasteiger partial charge in [-0.25, -0.2) is 12.7 Å². The molecule has 1 aliphatic rings. The van der Waals surface area contributed by atoms with Crippen molar-refractivity contribution in [2.45, 2.75) is 26.2 Å². The van der Waals surface area contributed by atoms with Crippen molar-refractivity contribution in [3.8, 4) is 0 Å². The maximum absolute atomic E-state index is 12.4. The summed E-state index contributed by atoms with van der Waals surface area (Å²) in [6.45, 7) is 2.79. The van der Waals surface area contributed by atoms with Gasteiger partial charge in [0.25, 0.3) is 0 Å². The molecule has 1 aromatic heterocycles. The van der Waals surface area contributed by atoms with Crippen LogP contribution in [0.1, 0.15) is 25.5 Å². The average molecular weight is 310 g/mol. The predicted molar refractivity (Wildman–Crippen MR) is 82.6 cm³/mol. The molecular formula is C14H22N4O2S. The lowest BCUT2D eigenvalue weighted by Gasteiger charge is -2.37. The van der Waals surface area contributed by atoms with Crippen LogP contribution in [0, 0.1) is 10.8 Å². The van der Waals surface area contributed by atoms with E-state index in [2.05, 4.69) is 4.98 Å². The van der Waals surface area contributed by atoms with E-state index in [4.69, 9.17) is 11.1 Å². The quantitative estimate of drug-likeness (QED) is 0.625. The molecule has 1 fully saturated rings. The highest BCUT2D eigenvalue weighted by Gasteiger charge is 2.36. The largest absolute Gasteiger partial charge is 0.387 e. The normalized spacial score (nSPS) is 19.3. The van der Waals surface area contributed by atoms with Gasteiger partial charge in [0.1, 0.15) is 0 Å². The number of piperidine rings is 1. The molecule has 0 bridgehead atoms. The number of sulfonamides is 1. The maximum Gasteiger partial charge on any atom is 0.214 e. The van der Waals surface area contributed by atoms with Crippen LogP contribution in [0.15, 0.2) is 24.4 Å². The summed E-state index contributed by atoms with van der Waals surface area (Å²) in [5, 5.41) is 7.60. The number of aromatic nitrogens is 1. The second-order valence-corrected chi connectivity index (χ2v) is 7.85. The van der Waals surface area contributed by atoms with E-state index in [1.807, 2.05) is 25.1 Å². The summed E-state index contributed by atoms with van der Waals surface area (Å²) in [5.41, 5.74) is 6.01. The highest BCUT2D eigenvalue weighted by molar-refractivity contribution is 7.89. The lowest BCUT2D eigenvalue weighted by molar-refractivity contribution is 0.240. The zero-order chi connectivity index (χ0) is 15.5. The van der Waals surface area contributed by atoms with Crippen molar-refractivity contribution in [2.75, 3.05) is 18.8 Å². The number of nitrogens with two attached hydrogens (primary N) is 1. The topological polar surface area (TPSA) is 100 Å². The Morgan fingerprint density at radius 1 is 1.43 bits per heavy atom. The molecule has 1 aliphatic heterocycles. The fourth-order valence-corrected chi connectivity index (χ4v) is 3.90. The van der Waals surface area contributed by atoms with Crippen LogP contribution in [0.4, 0.5) is 0 Å². The Labute approximate surface area is 125 Å². The van der Waals surface area contributed by atoms with Gasteiger partial charge in [-0.15, -0.1) is 0 Å². The molecule has 0 unspecified atom stereocenters. The summed E-state index contributed by atoms with van der Waals surface area (Å²) >= 11 is 0. The van der Waals surface area contributed by atoms with Crippen molar-refractivity contribution in [3.05, 3.63) is 30.1 Å². The molecule has 0 aromatic carbocycles. The summed E-state index contributed by atoms with van der Waals surface area (Å²) in [5.74, 6) is 0.217. The SMILES string of the molecule is CC1(C(=N)N)CCN(S(=O)(=O)CCc2ccccn2)CC1. The van der Waals surface area contributed by atoms with Crippen molar-refractivity contribution in [1.82, 2.24) is 9.29 Å². The molecular weight excluding hydrogens is 288 g/mol. The molecule has 3 N–H and O–H groups in total. The minimum absolute atomic E-state index is 0.0702. The maximum atomic E-state index is 12.4. The standard InChI is InChI=1S/C14H22N4O2S/c1-14(13(15)16)6-9-18(10-7-14)21(19,20)11-5-12-4-2-3-8-17-12/h2-4,8H,5-7,9-11H2,1H3,(H3,15,16). The molecule has 0 atom stereocenters. The molecule has 7 heteroatoms. The Bertz CT molecular complexity index is 593. The first kappa shape index (κ1) is 15.9. The van der Waals surface area contributed by atoms with Crippen LogP contribution in [-0.2, 0) is 16.4 Å². The van der Waals surface area contributed by atoms with Crippen LogP contribution in [0.2, 0.25) is 0 Å². The molecule has 0 radical (unpaired) electrons. The Hall–Kier alpha value is -1.47. The van der Waals surface area contributed by atoms with Crippen LogP contribution >= 0.6 is 0 Å². The number of amidine groups is 1. The van der Waals surface area contributed by atoms with E-state index in [1.54, 1.807) is 6.20 Å². The molecule has 21 heavy (non-hydrogen) atoms. The van der Waals surface area contributed by atoms with E-state index in [0.717, 1.165) is 5.69 Å². The van der Waals surface area contributed by atoms with Gasteiger partial charge in [0.2, 0.25) is 10.0 Å². The van der Waals surface area contributed by atoms with Gasteiger partial charge in [-0.1, -0.05) is 13.0 Å². The van der Waals surface area contributed by atoms with Crippen molar-refractivity contribution in [3.63, 3.8) is 0 Å². The third-order valence-corrected chi connectivity index (χ3v) is 6.08. The summed E-state index contributed by atoms with van der Waals surface area (Å²) in [6, 6.07) is 5.50. The summed E-state index contributed by atoms with van der Waals surface area (Å²) in [6.07, 6.45) is 3.29. The molecule has 116 valence electrons. The van der Waals surface area contributed by atoms with Crippen molar-refractivity contribution >= 4 is 15.9 Å². The van der Waals surface area contributed by atoms with Gasteiger partial charge < -0.3 is 5.73 Å². The molecule has 2 heterocycles. The van der Waals surface area contributed by atoms with Gasteiger partial charge in [-0.2, -0.15) is 0 Å². The minimum atomic E-state index is -3.28. The Morgan fingerprint density at radius 3 is 2.62 bits per heavy atom. The summed E-state index contributed by atoms with van der Waals surface area (Å²) in [7, 11) is -3.28. The predicted octanol–water partition coefficient (Wildman–Crippen LogP) is 0.992. The van der Waals surface area contributed by atoms with Gasteiger partial charge >= 0.3 is 0 Å². The van der Waals surface area contributed by atoms with Crippen molar-refractivity contribution in [1.29, 1.82) is 5.41 Å². The fourth-order valence-electron chi connectivity index (χ4n) is 2.44. The van der Waals surface area contributed by atoms with Crippen molar-refractivity contribution < 1.29 is 8.42 Å². The van der Waals surface area contributed by atoms with Crippen molar-refractivity contribution in [2.24, 2.45) is 11.1 Å². The Morgan fingerprint density at radius 2 is 2.10 bits per heavy atom. The number of aryl methyl sites for hydroxylation is 1. The second-order valence-electron chi connectivity index (χ2n) is 5.76. The zero-order valence-corrected chi connectivity index (χ0v) is 13.1. The van der Waals surface area contributed by atoms with Crippen LogP contribution in [0.5, 0.6) is 0 Å². The number of nitrogens with zero attached hydrogens (tertiary/aromatic N) is 2. The third-order valence-electron chi connectivity index (χ3n) is 4.21. The number of hydrogen-bond acceptors (Lipinski definition) is 4. The summed E-state index contributed by atoms with van der Waals surface area (Å²) in [4.78, 5) is 4.15. The van der Waals surface area contributed by atoms with Crippen LogP contribution in [-0.4, -0.2) is 42.4 Å². The highest BCUT2D eigenvalue weighted by atomic mass is 32.2. The van der Waals surface area contributed by atoms with E-state index in [-0.39, 0.29) is 17.0 Å². The molecule has 2 rings (SSSR count). The second kappa shape index (κ2) is 6.11. The monoisotopic (exact) mass is 310 g/mol. The molecule has 6 nitrogen and oxygen atoms in total. The average Bonchev–Trinajstić information content (AvgIpc) is 2.47. The van der Waals surface area contributed by atoms with E-state index in [9.17, 15) is 8.42 Å². The van der Waals surface area contributed by atoms with Gasteiger partial charge in [0, 0.05) is 36.8 Å². The van der Waals surface area contributed by atoms with Gasteiger partial charge in [0.15, 0.2) is 0 Å². The van der Waals surface area contributed by atoms with Crippen LogP contribution in [0.25, 0.3) is 0 Å². The van der Waals surface area contributed by atoms with E-state index >= 15 is 0 Å². The van der Waals surface area contributed by atoms with Gasteiger partial charge in [0.05, 0.1) is 11.6 Å². The van der Waals surface area contributed by atoms with E-state index in [0.29, 0.717) is 32.4 Å². The molecule has 0 saturated carbocycles. The first-order chi connectivity index (χ1) is 9.83. The summed E-state index contributed by atoms with van der Waals surface area (Å²) < 4.78 is 26.2. The molecule has 0 aliphatic carbocycles. The highest BCUT2D eigenvalue weighted by Crippen LogP contribution is 2.31. The lowest BCUT2D eigenvalue weighted by Crippen LogP contribution is -2.47. The van der Waals surface area contributed by atoms with Crippen LogP contribution in [0.3, 0.4) is 0 Å². The van der Waals surface area contributed by atoms with Gasteiger partial charge in [-0.3, -0.25) is 10.4 Å². The molecule has 0 amide bonds. The van der Waals surface area contributed by atoms with E-state index < -0.39 is 10.0 Å². The molecule has 1 saturated heterocycles. The third kappa shape index (κ3) is 3.79. The fraction of sp³-hybridized carbons (Fsp3) is 0.571. The lowest BCUT2D eigenvalue weighted by atomic mass is 9.80. The number of nitrogens with one attached hydrogen (secondary N) is 1. The number of hydrogen-bond donors (Lipinski definition) is 2. The number of rotatable bonds is 5. The van der Waals surface area contributed by atoms with Crippen LogP contribution < -0.4 is 5.73 Å². The first-order valence-electron chi connectivity index (χ1n) is 7.06. The zero-order valence-electron chi connectivity index (χ0n) is 12.2. The first-order valence-corrected chi connectivity index (χ1v) is 8.67. The Kier molecular flexibility index (Phi) is 4.63. The molecule has 0 spiro atoms.